The molecule has 0 aliphatic carbocycles. The maximum atomic E-state index is 11.4. The average molecular weight is 211 g/mol. The lowest BCUT2D eigenvalue weighted by molar-refractivity contribution is -0.137. The highest BCUT2D eigenvalue weighted by molar-refractivity contribution is 5.93. The first-order chi connectivity index (χ1) is 7.09. The summed E-state index contributed by atoms with van der Waals surface area (Å²) < 4.78 is 4.75. The average Bonchev–Trinajstić information content (AvgIpc) is 2.65. The molecule has 0 aromatic carbocycles. The van der Waals surface area contributed by atoms with Gasteiger partial charge < -0.3 is 14.8 Å². The van der Waals surface area contributed by atoms with Crippen molar-refractivity contribution in [2.45, 2.75) is 13.3 Å². The highest BCUT2D eigenvalue weighted by Crippen LogP contribution is 2.02. The first kappa shape index (κ1) is 11.3. The van der Waals surface area contributed by atoms with E-state index in [1.54, 1.807) is 13.0 Å². The monoisotopic (exact) mass is 211 g/mol. The quantitative estimate of drug-likeness (QED) is 0.764. The first-order valence-electron chi connectivity index (χ1n) is 4.61. The molecule has 1 heterocycles. The van der Waals surface area contributed by atoms with Crippen LogP contribution >= 0.6 is 0 Å². The van der Waals surface area contributed by atoms with Gasteiger partial charge in [0.2, 0.25) is 0 Å². The molecule has 1 amide bonds. The van der Waals surface area contributed by atoms with E-state index in [0.717, 1.165) is 0 Å². The van der Waals surface area contributed by atoms with Gasteiger partial charge in [-0.15, -0.1) is 0 Å². The third kappa shape index (κ3) is 3.84. The second-order valence-electron chi connectivity index (χ2n) is 3.43. The number of aliphatic carboxylic acids is 1. The van der Waals surface area contributed by atoms with Crippen molar-refractivity contribution in [3.8, 4) is 0 Å². The summed E-state index contributed by atoms with van der Waals surface area (Å²) in [6.45, 7) is 2.11. The van der Waals surface area contributed by atoms with E-state index in [1.165, 1.54) is 12.5 Å². The van der Waals surface area contributed by atoms with E-state index < -0.39 is 5.97 Å². The van der Waals surface area contributed by atoms with E-state index in [2.05, 4.69) is 5.32 Å². The molecule has 2 N–H and O–H groups in total. The van der Waals surface area contributed by atoms with Crippen LogP contribution in [0.25, 0.3) is 0 Å². The minimum atomic E-state index is -0.861. The predicted molar refractivity (Wildman–Crippen MR) is 52.5 cm³/mol. The molecule has 1 aromatic heterocycles. The van der Waals surface area contributed by atoms with Crippen LogP contribution in [-0.2, 0) is 4.79 Å². The summed E-state index contributed by atoms with van der Waals surface area (Å²) in [6.07, 6.45) is 2.80. The van der Waals surface area contributed by atoms with Gasteiger partial charge in [-0.2, -0.15) is 0 Å². The Labute approximate surface area is 87.1 Å². The maximum absolute atomic E-state index is 11.4. The van der Waals surface area contributed by atoms with E-state index >= 15 is 0 Å². The fourth-order valence-electron chi connectivity index (χ4n) is 1.13. The topological polar surface area (TPSA) is 79.5 Å². The van der Waals surface area contributed by atoms with Gasteiger partial charge in [0, 0.05) is 13.0 Å². The summed E-state index contributed by atoms with van der Waals surface area (Å²) >= 11 is 0. The molecule has 5 heteroatoms. The summed E-state index contributed by atoms with van der Waals surface area (Å²) in [6, 6.07) is 1.55. The summed E-state index contributed by atoms with van der Waals surface area (Å²) in [4.78, 5) is 21.7. The predicted octanol–water partition coefficient (Wildman–Crippen LogP) is 1.12. The highest BCUT2D eigenvalue weighted by atomic mass is 16.4. The van der Waals surface area contributed by atoms with Crippen LogP contribution in [0.4, 0.5) is 0 Å². The van der Waals surface area contributed by atoms with Gasteiger partial charge in [-0.3, -0.25) is 9.59 Å². The van der Waals surface area contributed by atoms with E-state index in [1.807, 2.05) is 0 Å². The Morgan fingerprint density at radius 2 is 2.33 bits per heavy atom. The smallest absolute Gasteiger partial charge is 0.303 e. The summed E-state index contributed by atoms with van der Waals surface area (Å²) in [5.74, 6) is -1.20. The number of hydrogen-bond donors (Lipinski definition) is 2. The van der Waals surface area contributed by atoms with E-state index in [-0.39, 0.29) is 18.2 Å². The summed E-state index contributed by atoms with van der Waals surface area (Å²) in [7, 11) is 0. The highest BCUT2D eigenvalue weighted by Gasteiger charge is 2.10. The van der Waals surface area contributed by atoms with Crippen molar-refractivity contribution in [3.05, 3.63) is 24.2 Å². The van der Waals surface area contributed by atoms with E-state index in [0.29, 0.717) is 12.1 Å². The Morgan fingerprint density at radius 1 is 1.60 bits per heavy atom. The van der Waals surface area contributed by atoms with Crippen molar-refractivity contribution >= 4 is 11.9 Å². The molecule has 82 valence electrons. The Balaban J connectivity index is 2.31. The standard InChI is InChI=1S/C10H13NO4/c1-7(4-9(12)13)5-11-10(14)8-2-3-15-6-8/h2-3,6-7H,4-5H2,1H3,(H,11,14)(H,12,13). The minimum Gasteiger partial charge on any atom is -0.481 e. The number of nitrogens with one attached hydrogen (secondary N) is 1. The van der Waals surface area contributed by atoms with Gasteiger partial charge in [0.1, 0.15) is 6.26 Å². The molecule has 1 unspecified atom stereocenters. The Kier molecular flexibility index (Phi) is 3.91. The van der Waals surface area contributed by atoms with Crippen LogP contribution < -0.4 is 5.32 Å². The molecule has 0 bridgehead atoms. The zero-order chi connectivity index (χ0) is 11.3. The summed E-state index contributed by atoms with van der Waals surface area (Å²) in [5, 5.41) is 11.1. The van der Waals surface area contributed by atoms with Crippen LogP contribution in [-0.4, -0.2) is 23.5 Å². The number of carbonyl (C=O) groups is 2. The molecule has 0 radical (unpaired) electrons. The number of carboxylic acid groups (broad SMARTS) is 1. The van der Waals surface area contributed by atoms with Crippen molar-refractivity contribution in [2.75, 3.05) is 6.54 Å². The number of furan rings is 1. The van der Waals surface area contributed by atoms with Gasteiger partial charge in [-0.05, 0) is 12.0 Å². The van der Waals surface area contributed by atoms with Crippen molar-refractivity contribution < 1.29 is 19.1 Å². The lowest BCUT2D eigenvalue weighted by Gasteiger charge is -2.09. The molecule has 1 rings (SSSR count). The lowest BCUT2D eigenvalue weighted by Crippen LogP contribution is -2.28. The maximum Gasteiger partial charge on any atom is 0.303 e. The van der Waals surface area contributed by atoms with Crippen LogP contribution in [0.1, 0.15) is 23.7 Å². The van der Waals surface area contributed by atoms with Crippen molar-refractivity contribution in [3.63, 3.8) is 0 Å². The number of hydrogen-bond acceptors (Lipinski definition) is 3. The van der Waals surface area contributed by atoms with E-state index in [9.17, 15) is 9.59 Å². The molecule has 15 heavy (non-hydrogen) atoms. The number of amides is 1. The van der Waals surface area contributed by atoms with Gasteiger partial charge in [-0.25, -0.2) is 0 Å². The number of rotatable bonds is 5. The van der Waals surface area contributed by atoms with Crippen molar-refractivity contribution in [1.29, 1.82) is 0 Å². The Hall–Kier alpha value is -1.78. The third-order valence-electron chi connectivity index (χ3n) is 1.92. The Bertz CT molecular complexity index is 331. The number of carbonyl (C=O) groups excluding carboxylic acids is 1. The Morgan fingerprint density at radius 3 is 2.87 bits per heavy atom. The van der Waals surface area contributed by atoms with Crippen molar-refractivity contribution in [2.24, 2.45) is 5.92 Å². The fourth-order valence-corrected chi connectivity index (χ4v) is 1.13. The second kappa shape index (κ2) is 5.19. The van der Waals surface area contributed by atoms with Gasteiger partial charge in [0.05, 0.1) is 11.8 Å². The minimum absolute atomic E-state index is 0.0473. The van der Waals surface area contributed by atoms with Gasteiger partial charge >= 0.3 is 5.97 Å². The molecule has 0 saturated heterocycles. The van der Waals surface area contributed by atoms with Crippen LogP contribution in [0.2, 0.25) is 0 Å². The van der Waals surface area contributed by atoms with Crippen molar-refractivity contribution in [1.82, 2.24) is 5.32 Å². The molecule has 1 atom stereocenters. The third-order valence-corrected chi connectivity index (χ3v) is 1.92. The first-order valence-corrected chi connectivity index (χ1v) is 4.61. The zero-order valence-electron chi connectivity index (χ0n) is 8.40. The number of carboxylic acids is 1. The normalized spacial score (nSPS) is 12.1. The molecule has 5 nitrogen and oxygen atoms in total. The van der Waals surface area contributed by atoms with Crippen LogP contribution in [0.15, 0.2) is 23.0 Å². The zero-order valence-corrected chi connectivity index (χ0v) is 8.40. The molecule has 0 aliphatic heterocycles. The molecule has 0 saturated carbocycles. The fraction of sp³-hybridized carbons (Fsp3) is 0.400. The molecular weight excluding hydrogens is 198 g/mol. The molecule has 0 fully saturated rings. The second-order valence-corrected chi connectivity index (χ2v) is 3.43. The largest absolute Gasteiger partial charge is 0.481 e. The molecule has 0 aliphatic rings. The molecule has 0 spiro atoms. The van der Waals surface area contributed by atoms with E-state index in [4.69, 9.17) is 9.52 Å². The van der Waals surface area contributed by atoms with Crippen LogP contribution in [0.5, 0.6) is 0 Å². The SMILES string of the molecule is CC(CNC(=O)c1ccoc1)CC(=O)O. The van der Waals surface area contributed by atoms with Crippen LogP contribution in [0, 0.1) is 5.92 Å². The van der Waals surface area contributed by atoms with Gasteiger partial charge in [0.15, 0.2) is 0 Å². The molecular formula is C10H13NO4. The summed E-state index contributed by atoms with van der Waals surface area (Å²) in [5.41, 5.74) is 0.442. The molecule has 1 aromatic rings. The van der Waals surface area contributed by atoms with Crippen LogP contribution in [0.3, 0.4) is 0 Å². The van der Waals surface area contributed by atoms with Gasteiger partial charge in [-0.1, -0.05) is 6.92 Å². The van der Waals surface area contributed by atoms with Gasteiger partial charge in [0.25, 0.3) is 5.91 Å². The lowest BCUT2D eigenvalue weighted by atomic mass is 10.1.